The van der Waals surface area contributed by atoms with Gasteiger partial charge in [0.25, 0.3) is 5.91 Å². The van der Waals surface area contributed by atoms with Gasteiger partial charge in [0.2, 0.25) is 5.91 Å². The standard InChI is InChI=1S/C13H15N3O2/c1-9(7-8-14)11(12(15)17)16-13(18)10-5-3-2-4-6-10/h2-6,9,11H,7H2,1H3,(H2,15,17)(H,16,18)/t9-,11+/m0/s1. The molecule has 0 aromatic heterocycles. The van der Waals surface area contributed by atoms with Crippen LogP contribution in [-0.2, 0) is 4.79 Å². The molecule has 0 aliphatic carbocycles. The zero-order valence-corrected chi connectivity index (χ0v) is 10.1. The van der Waals surface area contributed by atoms with Crippen molar-refractivity contribution >= 4 is 11.8 Å². The third-order valence-electron chi connectivity index (χ3n) is 2.61. The van der Waals surface area contributed by atoms with E-state index in [1.807, 2.05) is 6.07 Å². The van der Waals surface area contributed by atoms with E-state index in [2.05, 4.69) is 5.32 Å². The summed E-state index contributed by atoms with van der Waals surface area (Å²) in [5, 5.41) is 11.2. The highest BCUT2D eigenvalue weighted by molar-refractivity contribution is 5.97. The van der Waals surface area contributed by atoms with Gasteiger partial charge in [-0.05, 0) is 18.1 Å². The lowest BCUT2D eigenvalue weighted by molar-refractivity contribution is -0.120. The van der Waals surface area contributed by atoms with Crippen LogP contribution in [0.25, 0.3) is 0 Å². The van der Waals surface area contributed by atoms with Crippen LogP contribution >= 0.6 is 0 Å². The van der Waals surface area contributed by atoms with Crippen molar-refractivity contribution in [1.29, 1.82) is 5.26 Å². The van der Waals surface area contributed by atoms with Gasteiger partial charge in [-0.1, -0.05) is 25.1 Å². The lowest BCUT2D eigenvalue weighted by atomic mass is 9.98. The number of nitrogens with one attached hydrogen (secondary N) is 1. The Morgan fingerprint density at radius 1 is 1.39 bits per heavy atom. The maximum Gasteiger partial charge on any atom is 0.251 e. The second kappa shape index (κ2) is 6.40. The van der Waals surface area contributed by atoms with Crippen LogP contribution in [0, 0.1) is 17.2 Å². The second-order valence-electron chi connectivity index (χ2n) is 4.06. The van der Waals surface area contributed by atoms with Crippen LogP contribution in [0.4, 0.5) is 0 Å². The summed E-state index contributed by atoms with van der Waals surface area (Å²) in [6, 6.07) is 9.65. The molecule has 0 saturated carbocycles. The quantitative estimate of drug-likeness (QED) is 0.803. The molecule has 0 aliphatic heterocycles. The lowest BCUT2D eigenvalue weighted by Crippen LogP contribution is -2.48. The minimum Gasteiger partial charge on any atom is -0.368 e. The number of carbonyl (C=O) groups excluding carboxylic acids is 2. The maximum atomic E-state index is 11.9. The van der Waals surface area contributed by atoms with Gasteiger partial charge < -0.3 is 11.1 Å². The Kier molecular flexibility index (Phi) is 4.88. The SMILES string of the molecule is C[C@@H](CC#N)[C@@H](NC(=O)c1ccccc1)C(N)=O. The van der Waals surface area contributed by atoms with Gasteiger partial charge in [0.15, 0.2) is 0 Å². The number of carbonyl (C=O) groups is 2. The number of hydrogen-bond acceptors (Lipinski definition) is 3. The first-order chi connectivity index (χ1) is 8.56. The molecule has 1 rings (SSSR count). The van der Waals surface area contributed by atoms with Crippen molar-refractivity contribution in [2.45, 2.75) is 19.4 Å². The summed E-state index contributed by atoms with van der Waals surface area (Å²) in [5.74, 6) is -1.33. The summed E-state index contributed by atoms with van der Waals surface area (Å²) >= 11 is 0. The first-order valence-corrected chi connectivity index (χ1v) is 5.58. The zero-order valence-electron chi connectivity index (χ0n) is 10.1. The summed E-state index contributed by atoms with van der Waals surface area (Å²) in [4.78, 5) is 23.1. The smallest absolute Gasteiger partial charge is 0.251 e. The summed E-state index contributed by atoms with van der Waals surface area (Å²) < 4.78 is 0. The molecule has 0 aliphatic rings. The van der Waals surface area contributed by atoms with Gasteiger partial charge in [-0.2, -0.15) is 5.26 Å². The van der Waals surface area contributed by atoms with E-state index in [9.17, 15) is 9.59 Å². The molecule has 1 aromatic rings. The van der Waals surface area contributed by atoms with E-state index < -0.39 is 11.9 Å². The number of rotatable bonds is 5. The number of primary amides is 1. The Hall–Kier alpha value is -2.35. The van der Waals surface area contributed by atoms with Crippen LogP contribution in [0.15, 0.2) is 30.3 Å². The number of nitrogens with two attached hydrogens (primary N) is 1. The highest BCUT2D eigenvalue weighted by atomic mass is 16.2. The van der Waals surface area contributed by atoms with Gasteiger partial charge in [0, 0.05) is 12.0 Å². The molecule has 0 radical (unpaired) electrons. The van der Waals surface area contributed by atoms with Crippen molar-refractivity contribution in [1.82, 2.24) is 5.32 Å². The lowest BCUT2D eigenvalue weighted by Gasteiger charge is -2.20. The summed E-state index contributed by atoms with van der Waals surface area (Å²) in [6.45, 7) is 1.70. The van der Waals surface area contributed by atoms with Crippen LogP contribution in [0.2, 0.25) is 0 Å². The molecule has 18 heavy (non-hydrogen) atoms. The molecule has 0 unspecified atom stereocenters. The first kappa shape index (κ1) is 13.7. The summed E-state index contributed by atoms with van der Waals surface area (Å²) in [5.41, 5.74) is 5.68. The number of nitrogens with zero attached hydrogens (tertiary/aromatic N) is 1. The van der Waals surface area contributed by atoms with E-state index in [0.717, 1.165) is 0 Å². The van der Waals surface area contributed by atoms with Crippen molar-refractivity contribution in [3.05, 3.63) is 35.9 Å². The predicted molar refractivity (Wildman–Crippen MR) is 66.3 cm³/mol. The molecule has 0 saturated heterocycles. The number of nitriles is 1. The Morgan fingerprint density at radius 2 is 2.00 bits per heavy atom. The summed E-state index contributed by atoms with van der Waals surface area (Å²) in [6.07, 6.45) is 0.155. The van der Waals surface area contributed by atoms with Crippen molar-refractivity contribution in [2.75, 3.05) is 0 Å². The van der Waals surface area contributed by atoms with Gasteiger partial charge in [-0.25, -0.2) is 0 Å². The molecule has 3 N–H and O–H groups in total. The van der Waals surface area contributed by atoms with Gasteiger partial charge in [0.05, 0.1) is 6.07 Å². The van der Waals surface area contributed by atoms with Crippen LogP contribution in [0.3, 0.4) is 0 Å². The molecule has 0 fully saturated rings. The molecule has 0 heterocycles. The molecule has 1 aromatic carbocycles. The van der Waals surface area contributed by atoms with Gasteiger partial charge in [-0.3, -0.25) is 9.59 Å². The fraction of sp³-hybridized carbons (Fsp3) is 0.308. The molecule has 2 atom stereocenters. The Morgan fingerprint density at radius 3 is 2.50 bits per heavy atom. The van der Waals surface area contributed by atoms with Crippen molar-refractivity contribution in [3.63, 3.8) is 0 Å². The number of amides is 2. The van der Waals surface area contributed by atoms with E-state index in [4.69, 9.17) is 11.0 Å². The molecule has 0 spiro atoms. The predicted octanol–water partition coefficient (Wildman–Crippen LogP) is 0.820. The van der Waals surface area contributed by atoms with Gasteiger partial charge in [-0.15, -0.1) is 0 Å². The molecule has 0 bridgehead atoms. The molecule has 5 nitrogen and oxygen atoms in total. The monoisotopic (exact) mass is 245 g/mol. The van der Waals surface area contributed by atoms with E-state index >= 15 is 0 Å². The molecular weight excluding hydrogens is 230 g/mol. The normalized spacial score (nSPS) is 13.1. The maximum absolute atomic E-state index is 11.9. The second-order valence-corrected chi connectivity index (χ2v) is 4.06. The average Bonchev–Trinajstić information content (AvgIpc) is 2.36. The van der Waals surface area contributed by atoms with Gasteiger partial charge in [0.1, 0.15) is 6.04 Å². The van der Waals surface area contributed by atoms with E-state index in [-0.39, 0.29) is 18.2 Å². The summed E-state index contributed by atoms with van der Waals surface area (Å²) in [7, 11) is 0. The third kappa shape index (κ3) is 3.59. The fourth-order valence-corrected chi connectivity index (χ4v) is 1.57. The Bertz CT molecular complexity index is 465. The zero-order chi connectivity index (χ0) is 13.5. The van der Waals surface area contributed by atoms with E-state index in [1.165, 1.54) is 0 Å². The number of hydrogen-bond donors (Lipinski definition) is 2. The fourth-order valence-electron chi connectivity index (χ4n) is 1.57. The topological polar surface area (TPSA) is 96.0 Å². The molecular formula is C13H15N3O2. The molecule has 94 valence electrons. The molecule has 5 heteroatoms. The van der Waals surface area contributed by atoms with Crippen LogP contribution in [-0.4, -0.2) is 17.9 Å². The first-order valence-electron chi connectivity index (χ1n) is 5.58. The average molecular weight is 245 g/mol. The minimum atomic E-state index is -0.836. The van der Waals surface area contributed by atoms with Crippen LogP contribution < -0.4 is 11.1 Å². The molecule has 2 amide bonds. The largest absolute Gasteiger partial charge is 0.368 e. The van der Waals surface area contributed by atoms with Crippen molar-refractivity contribution < 1.29 is 9.59 Å². The number of benzene rings is 1. The highest BCUT2D eigenvalue weighted by Crippen LogP contribution is 2.08. The van der Waals surface area contributed by atoms with E-state index in [0.29, 0.717) is 5.56 Å². The third-order valence-corrected chi connectivity index (χ3v) is 2.61. The van der Waals surface area contributed by atoms with Crippen LogP contribution in [0.5, 0.6) is 0 Å². The van der Waals surface area contributed by atoms with Crippen LogP contribution in [0.1, 0.15) is 23.7 Å². The Balaban J connectivity index is 2.77. The highest BCUT2D eigenvalue weighted by Gasteiger charge is 2.24. The minimum absolute atomic E-state index is 0.155. The van der Waals surface area contributed by atoms with E-state index in [1.54, 1.807) is 37.3 Å². The van der Waals surface area contributed by atoms with Crippen molar-refractivity contribution in [3.8, 4) is 6.07 Å². The van der Waals surface area contributed by atoms with Gasteiger partial charge >= 0.3 is 0 Å². The van der Waals surface area contributed by atoms with Crippen molar-refractivity contribution in [2.24, 2.45) is 11.7 Å². The Labute approximate surface area is 106 Å².